The van der Waals surface area contributed by atoms with Crippen LogP contribution in [0, 0.1) is 10.1 Å². The van der Waals surface area contributed by atoms with Crippen LogP contribution in [0.2, 0.25) is 0 Å². The van der Waals surface area contributed by atoms with Crippen LogP contribution in [0.5, 0.6) is 0 Å². The van der Waals surface area contributed by atoms with E-state index in [9.17, 15) is 14.9 Å². The second kappa shape index (κ2) is 3.59. The van der Waals surface area contributed by atoms with Crippen molar-refractivity contribution in [1.82, 2.24) is 0 Å². The van der Waals surface area contributed by atoms with E-state index in [0.717, 1.165) is 6.42 Å². The fourth-order valence-electron chi connectivity index (χ4n) is 1.61. The first-order valence-corrected chi connectivity index (χ1v) is 4.14. The van der Waals surface area contributed by atoms with Crippen LogP contribution in [0.4, 0.5) is 0 Å². The van der Waals surface area contributed by atoms with Crippen molar-refractivity contribution in [3.8, 4) is 0 Å². The Morgan fingerprint density at radius 3 is 2.31 bits per heavy atom. The van der Waals surface area contributed by atoms with Crippen LogP contribution >= 0.6 is 0 Å². The molecule has 1 aliphatic carbocycles. The summed E-state index contributed by atoms with van der Waals surface area (Å²) in [6.07, 6.45) is 2.70. The molecule has 1 saturated carbocycles. The minimum atomic E-state index is -1.58. The van der Waals surface area contributed by atoms with Crippen LogP contribution in [0.3, 0.4) is 0 Å². The van der Waals surface area contributed by atoms with Gasteiger partial charge in [0.05, 0.1) is 0 Å². The highest BCUT2D eigenvalue weighted by Gasteiger charge is 2.43. The van der Waals surface area contributed by atoms with Gasteiger partial charge in [-0.05, 0) is 12.8 Å². The fourth-order valence-corrected chi connectivity index (χ4v) is 1.61. The standard InChI is InChI=1S/C7H11NO5/c9-6(10)7(13-8(11)12)4-2-1-3-5-7/h1-5H2,(H,9,10). The smallest absolute Gasteiger partial charge is 0.335 e. The summed E-state index contributed by atoms with van der Waals surface area (Å²) in [6, 6.07) is 0. The molecule has 74 valence electrons. The molecule has 0 aliphatic heterocycles. The lowest BCUT2D eigenvalue weighted by molar-refractivity contribution is -0.777. The monoisotopic (exact) mass is 189 g/mol. The Balaban J connectivity index is 2.73. The molecule has 1 aliphatic rings. The number of carboxylic acid groups (broad SMARTS) is 1. The third kappa shape index (κ3) is 2.07. The van der Waals surface area contributed by atoms with Crippen molar-refractivity contribution in [1.29, 1.82) is 0 Å². The average molecular weight is 189 g/mol. The molecule has 0 aromatic carbocycles. The number of hydrogen-bond donors (Lipinski definition) is 1. The molecule has 13 heavy (non-hydrogen) atoms. The summed E-state index contributed by atoms with van der Waals surface area (Å²) in [5, 5.41) is 17.9. The molecule has 0 saturated heterocycles. The van der Waals surface area contributed by atoms with Gasteiger partial charge in [-0.3, -0.25) is 4.84 Å². The summed E-state index contributed by atoms with van der Waals surface area (Å²) >= 11 is 0. The molecule has 0 atom stereocenters. The van der Waals surface area contributed by atoms with Crippen LogP contribution < -0.4 is 0 Å². The molecule has 6 heteroatoms. The van der Waals surface area contributed by atoms with E-state index < -0.39 is 16.7 Å². The summed E-state index contributed by atoms with van der Waals surface area (Å²) in [5.41, 5.74) is -1.58. The number of aliphatic carboxylic acids is 1. The van der Waals surface area contributed by atoms with Gasteiger partial charge in [-0.1, -0.05) is 19.3 Å². The number of carboxylic acids is 1. The quantitative estimate of drug-likeness (QED) is 0.528. The van der Waals surface area contributed by atoms with E-state index in [1.807, 2.05) is 0 Å². The Labute approximate surface area is 74.6 Å². The second-order valence-corrected chi connectivity index (χ2v) is 3.17. The molecule has 0 bridgehead atoms. The highest BCUT2D eigenvalue weighted by molar-refractivity contribution is 5.77. The normalized spacial score (nSPS) is 20.6. The van der Waals surface area contributed by atoms with E-state index in [1.54, 1.807) is 0 Å². The van der Waals surface area contributed by atoms with Gasteiger partial charge < -0.3 is 5.11 Å². The summed E-state index contributed by atoms with van der Waals surface area (Å²) in [6.45, 7) is 0. The molecule has 0 aromatic heterocycles. The van der Waals surface area contributed by atoms with Gasteiger partial charge in [0.2, 0.25) is 5.60 Å². The van der Waals surface area contributed by atoms with Crippen molar-refractivity contribution >= 4 is 5.97 Å². The molecule has 1 fully saturated rings. The maximum Gasteiger partial charge on any atom is 0.335 e. The highest BCUT2D eigenvalue weighted by atomic mass is 17.0. The molecular formula is C7H11NO5. The van der Waals surface area contributed by atoms with Gasteiger partial charge in [0.15, 0.2) is 0 Å². The van der Waals surface area contributed by atoms with E-state index in [4.69, 9.17) is 5.11 Å². The van der Waals surface area contributed by atoms with Gasteiger partial charge >= 0.3 is 5.97 Å². The predicted molar refractivity (Wildman–Crippen MR) is 41.5 cm³/mol. The zero-order valence-corrected chi connectivity index (χ0v) is 7.06. The average Bonchev–Trinajstić information content (AvgIpc) is 2.04. The molecule has 1 rings (SSSR count). The Hall–Kier alpha value is -1.33. The van der Waals surface area contributed by atoms with Crippen molar-refractivity contribution in [2.24, 2.45) is 0 Å². The fraction of sp³-hybridized carbons (Fsp3) is 0.857. The second-order valence-electron chi connectivity index (χ2n) is 3.17. The molecule has 0 spiro atoms. The zero-order chi connectivity index (χ0) is 9.90. The van der Waals surface area contributed by atoms with Gasteiger partial charge in [0, 0.05) is 0 Å². The van der Waals surface area contributed by atoms with Gasteiger partial charge in [-0.2, -0.15) is 0 Å². The van der Waals surface area contributed by atoms with Crippen LogP contribution in [-0.4, -0.2) is 21.8 Å². The minimum Gasteiger partial charge on any atom is -0.479 e. The van der Waals surface area contributed by atoms with Gasteiger partial charge in [-0.25, -0.2) is 4.79 Å². The maximum absolute atomic E-state index is 10.8. The van der Waals surface area contributed by atoms with Gasteiger partial charge in [-0.15, -0.1) is 10.1 Å². The summed E-state index contributed by atoms with van der Waals surface area (Å²) < 4.78 is 0. The number of hydrogen-bond acceptors (Lipinski definition) is 4. The van der Waals surface area contributed by atoms with Crippen molar-refractivity contribution in [2.75, 3.05) is 0 Å². The van der Waals surface area contributed by atoms with Gasteiger partial charge in [0.1, 0.15) is 0 Å². The number of carbonyl (C=O) groups is 1. The molecule has 1 N–H and O–H groups in total. The molecule has 0 amide bonds. The third-order valence-electron chi connectivity index (χ3n) is 2.30. The minimum absolute atomic E-state index is 0.226. The first kappa shape index (κ1) is 9.76. The molecular weight excluding hydrogens is 178 g/mol. The van der Waals surface area contributed by atoms with Crippen LogP contribution in [0.25, 0.3) is 0 Å². The van der Waals surface area contributed by atoms with E-state index in [2.05, 4.69) is 4.84 Å². The first-order chi connectivity index (χ1) is 6.07. The topological polar surface area (TPSA) is 89.7 Å². The largest absolute Gasteiger partial charge is 0.479 e. The van der Waals surface area contributed by atoms with Crippen molar-refractivity contribution in [3.63, 3.8) is 0 Å². The number of nitrogens with zero attached hydrogens (tertiary/aromatic N) is 1. The number of rotatable bonds is 3. The zero-order valence-electron chi connectivity index (χ0n) is 7.06. The lowest BCUT2D eigenvalue weighted by atomic mass is 9.85. The summed E-state index contributed by atoms with van der Waals surface area (Å²) in [7, 11) is 0. The lowest BCUT2D eigenvalue weighted by Crippen LogP contribution is -2.44. The Kier molecular flexibility index (Phi) is 2.69. The summed E-state index contributed by atoms with van der Waals surface area (Å²) in [5.74, 6) is -1.23. The maximum atomic E-state index is 10.8. The summed E-state index contributed by atoms with van der Waals surface area (Å²) in [4.78, 5) is 25.1. The molecule has 0 unspecified atom stereocenters. The van der Waals surface area contributed by atoms with E-state index in [0.29, 0.717) is 12.8 Å². The molecule has 6 nitrogen and oxygen atoms in total. The van der Waals surface area contributed by atoms with Crippen LogP contribution in [0.1, 0.15) is 32.1 Å². The van der Waals surface area contributed by atoms with E-state index in [1.165, 1.54) is 0 Å². The Morgan fingerprint density at radius 2 is 1.92 bits per heavy atom. The molecule has 0 aromatic rings. The molecule has 0 heterocycles. The predicted octanol–water partition coefficient (Wildman–Crippen LogP) is 0.982. The Bertz CT molecular complexity index is 221. The van der Waals surface area contributed by atoms with Crippen LogP contribution in [0.15, 0.2) is 0 Å². The van der Waals surface area contributed by atoms with Crippen molar-refractivity contribution < 1.29 is 19.8 Å². The van der Waals surface area contributed by atoms with Crippen LogP contribution in [-0.2, 0) is 9.63 Å². The SMILES string of the molecule is O=C(O)C1(O[N+](=O)[O-])CCCCC1. The highest BCUT2D eigenvalue weighted by Crippen LogP contribution is 2.31. The first-order valence-electron chi connectivity index (χ1n) is 4.14. The lowest BCUT2D eigenvalue weighted by Gasteiger charge is -2.30. The van der Waals surface area contributed by atoms with Gasteiger partial charge in [0.25, 0.3) is 5.09 Å². The Morgan fingerprint density at radius 1 is 1.38 bits per heavy atom. The van der Waals surface area contributed by atoms with E-state index in [-0.39, 0.29) is 12.8 Å². The van der Waals surface area contributed by atoms with Crippen molar-refractivity contribution in [2.45, 2.75) is 37.7 Å². The third-order valence-corrected chi connectivity index (χ3v) is 2.30. The van der Waals surface area contributed by atoms with Crippen molar-refractivity contribution in [3.05, 3.63) is 10.1 Å². The molecule has 0 radical (unpaired) electrons. The van der Waals surface area contributed by atoms with E-state index >= 15 is 0 Å².